The van der Waals surface area contributed by atoms with Crippen LogP contribution in [0.1, 0.15) is 30.9 Å². The number of thiophene rings is 1. The molecule has 12 heavy (non-hydrogen) atoms. The summed E-state index contributed by atoms with van der Waals surface area (Å²) in [5.74, 6) is 0.560. The van der Waals surface area contributed by atoms with Gasteiger partial charge in [-0.3, -0.25) is 0 Å². The summed E-state index contributed by atoms with van der Waals surface area (Å²) < 4.78 is 6.81. The highest BCUT2D eigenvalue weighted by Crippen LogP contribution is 2.33. The summed E-state index contributed by atoms with van der Waals surface area (Å²) in [6.07, 6.45) is 1.89. The number of hydrogen-bond acceptors (Lipinski definition) is 2. The second kappa shape index (κ2) is 2.63. The van der Waals surface area contributed by atoms with E-state index in [-0.39, 0.29) is 0 Å². The average molecular weight is 180 g/mol. The van der Waals surface area contributed by atoms with Gasteiger partial charge in [-0.2, -0.15) is 0 Å². The van der Waals surface area contributed by atoms with Crippen LogP contribution in [-0.4, -0.2) is 0 Å². The minimum absolute atomic E-state index is 0.560. The number of rotatable bonds is 1. The van der Waals surface area contributed by atoms with E-state index in [1.165, 1.54) is 15.8 Å². The lowest BCUT2D eigenvalue weighted by atomic mass is 10.1. The van der Waals surface area contributed by atoms with Crippen LogP contribution in [0, 0.1) is 6.92 Å². The molecule has 2 aromatic rings. The van der Waals surface area contributed by atoms with E-state index in [1.807, 2.05) is 6.26 Å². The summed E-state index contributed by atoms with van der Waals surface area (Å²) >= 11 is 1.78. The summed E-state index contributed by atoms with van der Waals surface area (Å²) in [6, 6.07) is 0. The van der Waals surface area contributed by atoms with Gasteiger partial charge in [-0.1, -0.05) is 13.8 Å². The molecular weight excluding hydrogens is 168 g/mol. The summed E-state index contributed by atoms with van der Waals surface area (Å²) in [4.78, 5) is 0. The number of furan rings is 1. The zero-order valence-corrected chi connectivity index (χ0v) is 8.37. The first-order chi connectivity index (χ1) is 5.70. The van der Waals surface area contributed by atoms with Gasteiger partial charge in [0.1, 0.15) is 5.58 Å². The Balaban J connectivity index is 2.71. The van der Waals surface area contributed by atoms with Crippen molar-refractivity contribution >= 4 is 21.6 Å². The quantitative estimate of drug-likeness (QED) is 0.648. The van der Waals surface area contributed by atoms with Crippen LogP contribution < -0.4 is 0 Å². The molecule has 64 valence electrons. The van der Waals surface area contributed by atoms with Gasteiger partial charge in [0.15, 0.2) is 0 Å². The van der Waals surface area contributed by atoms with Gasteiger partial charge < -0.3 is 4.42 Å². The van der Waals surface area contributed by atoms with Crippen LogP contribution in [0.25, 0.3) is 10.3 Å². The highest BCUT2D eigenvalue weighted by atomic mass is 32.1. The van der Waals surface area contributed by atoms with Crippen molar-refractivity contribution in [1.82, 2.24) is 0 Å². The van der Waals surface area contributed by atoms with Crippen LogP contribution in [-0.2, 0) is 0 Å². The molecule has 0 saturated carbocycles. The standard InChI is InChI=1S/C10H12OS/c1-6(2)8-4-11-9-7(3)5-12-10(8)9/h4-6H,1-3H3. The lowest BCUT2D eigenvalue weighted by Crippen LogP contribution is -1.80. The number of fused-ring (bicyclic) bond motifs is 1. The van der Waals surface area contributed by atoms with E-state index < -0.39 is 0 Å². The first-order valence-corrected chi connectivity index (χ1v) is 5.03. The fourth-order valence-corrected chi connectivity index (χ4v) is 2.49. The van der Waals surface area contributed by atoms with Crippen LogP contribution in [0.4, 0.5) is 0 Å². The van der Waals surface area contributed by atoms with E-state index in [1.54, 1.807) is 11.3 Å². The van der Waals surface area contributed by atoms with Gasteiger partial charge in [-0.25, -0.2) is 0 Å². The molecule has 0 aromatic carbocycles. The molecule has 0 radical (unpaired) electrons. The molecule has 0 spiro atoms. The summed E-state index contributed by atoms with van der Waals surface area (Å²) in [5, 5.41) is 2.15. The third-order valence-electron chi connectivity index (χ3n) is 2.11. The average Bonchev–Trinajstić information content (AvgIpc) is 2.53. The monoisotopic (exact) mass is 180 g/mol. The molecule has 0 bridgehead atoms. The maximum absolute atomic E-state index is 5.49. The van der Waals surface area contributed by atoms with E-state index in [9.17, 15) is 0 Å². The molecule has 2 rings (SSSR count). The zero-order chi connectivity index (χ0) is 8.72. The van der Waals surface area contributed by atoms with Crippen molar-refractivity contribution in [3.05, 3.63) is 22.8 Å². The Morgan fingerprint density at radius 1 is 1.42 bits per heavy atom. The zero-order valence-electron chi connectivity index (χ0n) is 7.55. The highest BCUT2D eigenvalue weighted by molar-refractivity contribution is 7.17. The molecule has 2 heteroatoms. The van der Waals surface area contributed by atoms with Gasteiger partial charge in [-0.05, 0) is 18.2 Å². The van der Waals surface area contributed by atoms with Crippen molar-refractivity contribution in [2.75, 3.05) is 0 Å². The van der Waals surface area contributed by atoms with E-state index >= 15 is 0 Å². The molecule has 2 heterocycles. The molecule has 0 atom stereocenters. The summed E-state index contributed by atoms with van der Waals surface area (Å²) in [5.41, 5.74) is 3.66. The minimum atomic E-state index is 0.560. The molecule has 0 amide bonds. The summed E-state index contributed by atoms with van der Waals surface area (Å²) in [7, 11) is 0. The summed E-state index contributed by atoms with van der Waals surface area (Å²) in [6.45, 7) is 6.48. The van der Waals surface area contributed by atoms with Crippen LogP contribution >= 0.6 is 11.3 Å². The van der Waals surface area contributed by atoms with Crippen molar-refractivity contribution in [2.45, 2.75) is 26.7 Å². The highest BCUT2D eigenvalue weighted by Gasteiger charge is 2.11. The number of hydrogen-bond donors (Lipinski definition) is 0. The van der Waals surface area contributed by atoms with Crippen LogP contribution in [0.3, 0.4) is 0 Å². The molecule has 0 aliphatic carbocycles. The number of aryl methyl sites for hydroxylation is 1. The lowest BCUT2D eigenvalue weighted by molar-refractivity contribution is 0.604. The predicted molar refractivity (Wildman–Crippen MR) is 52.9 cm³/mol. The molecule has 2 aromatic heterocycles. The van der Waals surface area contributed by atoms with Gasteiger partial charge >= 0.3 is 0 Å². The maximum Gasteiger partial charge on any atom is 0.147 e. The van der Waals surface area contributed by atoms with Crippen molar-refractivity contribution < 1.29 is 4.42 Å². The Labute approximate surface area is 76.0 Å². The van der Waals surface area contributed by atoms with E-state index in [0.29, 0.717) is 5.92 Å². The lowest BCUT2D eigenvalue weighted by Gasteiger charge is -1.96. The van der Waals surface area contributed by atoms with Crippen molar-refractivity contribution in [3.63, 3.8) is 0 Å². The van der Waals surface area contributed by atoms with Crippen LogP contribution in [0.2, 0.25) is 0 Å². The Morgan fingerprint density at radius 2 is 2.17 bits per heavy atom. The topological polar surface area (TPSA) is 13.1 Å². The fourth-order valence-electron chi connectivity index (χ4n) is 1.35. The molecule has 0 N–H and O–H groups in total. The van der Waals surface area contributed by atoms with Gasteiger partial charge in [0, 0.05) is 11.1 Å². The molecule has 1 nitrogen and oxygen atoms in total. The van der Waals surface area contributed by atoms with Crippen LogP contribution in [0.5, 0.6) is 0 Å². The first-order valence-electron chi connectivity index (χ1n) is 4.15. The molecule has 0 unspecified atom stereocenters. The normalized spacial score (nSPS) is 11.7. The Kier molecular flexibility index (Phi) is 1.72. The minimum Gasteiger partial charge on any atom is -0.463 e. The Bertz CT molecular complexity index is 395. The van der Waals surface area contributed by atoms with E-state index in [0.717, 1.165) is 5.58 Å². The van der Waals surface area contributed by atoms with Crippen LogP contribution in [0.15, 0.2) is 16.1 Å². The van der Waals surface area contributed by atoms with Gasteiger partial charge in [-0.15, -0.1) is 11.3 Å². The molecule has 0 saturated heterocycles. The van der Waals surface area contributed by atoms with Crippen molar-refractivity contribution in [3.8, 4) is 0 Å². The first kappa shape index (κ1) is 7.87. The van der Waals surface area contributed by atoms with E-state index in [4.69, 9.17) is 4.42 Å². The van der Waals surface area contributed by atoms with Gasteiger partial charge in [0.2, 0.25) is 0 Å². The Hall–Kier alpha value is -0.760. The van der Waals surface area contributed by atoms with Crippen molar-refractivity contribution in [1.29, 1.82) is 0 Å². The predicted octanol–water partition coefficient (Wildman–Crippen LogP) is 3.93. The second-order valence-electron chi connectivity index (χ2n) is 3.42. The smallest absolute Gasteiger partial charge is 0.147 e. The molecule has 0 aliphatic heterocycles. The fraction of sp³-hybridized carbons (Fsp3) is 0.400. The third-order valence-corrected chi connectivity index (χ3v) is 3.23. The third kappa shape index (κ3) is 0.985. The SMILES string of the molecule is Cc1csc2c(C(C)C)coc12. The van der Waals surface area contributed by atoms with Gasteiger partial charge in [0.25, 0.3) is 0 Å². The molecule has 0 fully saturated rings. The Morgan fingerprint density at radius 3 is 2.83 bits per heavy atom. The largest absolute Gasteiger partial charge is 0.463 e. The van der Waals surface area contributed by atoms with Gasteiger partial charge in [0.05, 0.1) is 11.0 Å². The molecular formula is C10H12OS. The molecule has 0 aliphatic rings. The van der Waals surface area contributed by atoms with Crippen molar-refractivity contribution in [2.24, 2.45) is 0 Å². The van der Waals surface area contributed by atoms with E-state index in [2.05, 4.69) is 26.2 Å². The maximum atomic E-state index is 5.49. The second-order valence-corrected chi connectivity index (χ2v) is 4.30.